The van der Waals surface area contributed by atoms with Crippen molar-refractivity contribution in [2.75, 3.05) is 6.54 Å². The minimum absolute atomic E-state index is 0.0149. The van der Waals surface area contributed by atoms with Gasteiger partial charge in [0.15, 0.2) is 0 Å². The fourth-order valence-electron chi connectivity index (χ4n) is 5.76. The van der Waals surface area contributed by atoms with E-state index in [0.717, 1.165) is 83.5 Å². The maximum atomic E-state index is 12.7. The van der Waals surface area contributed by atoms with Gasteiger partial charge in [-0.2, -0.15) is 0 Å². The number of ether oxygens (including phenoxy) is 1. The molecule has 0 aliphatic carbocycles. The predicted molar refractivity (Wildman–Crippen MR) is 202 cm³/mol. The summed E-state index contributed by atoms with van der Waals surface area (Å²) in [5.74, 6) is -1.28. The molecule has 7 nitrogen and oxygen atoms in total. The number of nitrogens with one attached hydrogen (secondary N) is 1. The number of hydrogen-bond donors (Lipinski definition) is 3. The zero-order chi connectivity index (χ0) is 35.3. The second-order valence-corrected chi connectivity index (χ2v) is 13.3. The van der Waals surface area contributed by atoms with Gasteiger partial charge in [0.2, 0.25) is 5.91 Å². The van der Waals surface area contributed by atoms with Gasteiger partial charge in [0, 0.05) is 12.8 Å². The van der Waals surface area contributed by atoms with E-state index >= 15 is 0 Å². The van der Waals surface area contributed by atoms with Gasteiger partial charge in [-0.05, 0) is 90.0 Å². The van der Waals surface area contributed by atoms with Crippen molar-refractivity contribution in [1.29, 1.82) is 0 Å². The molecule has 0 aromatic rings. The van der Waals surface area contributed by atoms with E-state index < -0.39 is 12.0 Å². The molecule has 0 saturated heterocycles. The van der Waals surface area contributed by atoms with Gasteiger partial charge in [-0.25, -0.2) is 4.79 Å². The van der Waals surface area contributed by atoms with Crippen LogP contribution in [0.4, 0.5) is 0 Å². The van der Waals surface area contributed by atoms with Gasteiger partial charge in [0.25, 0.3) is 0 Å². The van der Waals surface area contributed by atoms with E-state index in [9.17, 15) is 19.5 Å². The first-order valence-corrected chi connectivity index (χ1v) is 19.8. The van der Waals surface area contributed by atoms with Crippen molar-refractivity contribution in [3.63, 3.8) is 0 Å². The summed E-state index contributed by atoms with van der Waals surface area (Å²) < 4.78 is 5.97. The molecular weight excluding hydrogens is 600 g/mol. The van der Waals surface area contributed by atoms with Gasteiger partial charge in [-0.3, -0.25) is 9.59 Å². The van der Waals surface area contributed by atoms with Gasteiger partial charge in [0.1, 0.15) is 12.1 Å². The summed E-state index contributed by atoms with van der Waals surface area (Å²) >= 11 is 0. The van der Waals surface area contributed by atoms with Crippen LogP contribution >= 0.6 is 0 Å². The lowest BCUT2D eigenvalue weighted by molar-refractivity contribution is -0.150. The minimum atomic E-state index is -1.01. The second-order valence-electron chi connectivity index (χ2n) is 13.3. The quantitative estimate of drug-likeness (QED) is 0.0350. The van der Waals surface area contributed by atoms with E-state index in [1.165, 1.54) is 64.2 Å². The van der Waals surface area contributed by atoms with Gasteiger partial charge in [-0.1, -0.05) is 127 Å². The van der Waals surface area contributed by atoms with E-state index in [1.807, 2.05) is 0 Å². The lowest BCUT2D eigenvalue weighted by Gasteiger charge is -2.18. The third-order valence-electron chi connectivity index (χ3n) is 8.72. The molecule has 0 aromatic carbocycles. The van der Waals surface area contributed by atoms with E-state index in [1.54, 1.807) is 0 Å². The molecule has 0 bridgehead atoms. The molecular formula is C41H74N2O5. The van der Waals surface area contributed by atoms with E-state index in [4.69, 9.17) is 10.5 Å². The number of amides is 1. The Morgan fingerprint density at radius 2 is 1.15 bits per heavy atom. The van der Waals surface area contributed by atoms with Crippen LogP contribution in [0.5, 0.6) is 0 Å². The molecule has 0 rings (SSSR count). The van der Waals surface area contributed by atoms with E-state index in [-0.39, 0.29) is 18.0 Å². The number of nitrogens with two attached hydrogens (primary N) is 1. The number of rotatable bonds is 35. The fraction of sp³-hybridized carbons (Fsp3) is 0.780. The minimum Gasteiger partial charge on any atom is -0.480 e. The Bertz CT molecular complexity index is 854. The van der Waals surface area contributed by atoms with Crippen molar-refractivity contribution in [2.24, 2.45) is 5.73 Å². The SMILES string of the molecule is CC/C=C\C/C=C\C/C=C\CCCCCCCCCC(=O)OC(CCCCCCCC)CCCCCCC(=O)NC(CCCN)C(=O)O. The molecule has 0 saturated carbocycles. The van der Waals surface area contributed by atoms with Crippen LogP contribution in [0.25, 0.3) is 0 Å². The summed E-state index contributed by atoms with van der Waals surface area (Å²) in [4.78, 5) is 36.2. The predicted octanol–water partition coefficient (Wildman–Crippen LogP) is 10.7. The largest absolute Gasteiger partial charge is 0.480 e. The first-order valence-electron chi connectivity index (χ1n) is 19.8. The highest BCUT2D eigenvalue weighted by atomic mass is 16.5. The molecule has 0 aliphatic heterocycles. The highest BCUT2D eigenvalue weighted by molar-refractivity contribution is 5.83. The summed E-state index contributed by atoms with van der Waals surface area (Å²) in [6, 6.07) is -0.864. The van der Waals surface area contributed by atoms with Gasteiger partial charge >= 0.3 is 11.9 Å². The number of unbranched alkanes of at least 4 members (excludes halogenated alkanes) is 15. The average molecular weight is 675 g/mol. The molecule has 0 spiro atoms. The third-order valence-corrected chi connectivity index (χ3v) is 8.72. The Labute approximate surface area is 295 Å². The summed E-state index contributed by atoms with van der Waals surface area (Å²) in [6.07, 6.45) is 40.5. The maximum Gasteiger partial charge on any atom is 0.326 e. The van der Waals surface area contributed by atoms with Gasteiger partial charge < -0.3 is 20.9 Å². The molecule has 278 valence electrons. The molecule has 7 heteroatoms. The number of carbonyl (C=O) groups excluding carboxylic acids is 2. The van der Waals surface area contributed by atoms with E-state index in [0.29, 0.717) is 32.2 Å². The molecule has 48 heavy (non-hydrogen) atoms. The first-order chi connectivity index (χ1) is 23.4. The van der Waals surface area contributed by atoms with Crippen LogP contribution in [0.3, 0.4) is 0 Å². The van der Waals surface area contributed by atoms with Crippen molar-refractivity contribution in [3.8, 4) is 0 Å². The lowest BCUT2D eigenvalue weighted by Crippen LogP contribution is -2.40. The van der Waals surface area contributed by atoms with Crippen LogP contribution in [-0.4, -0.2) is 41.6 Å². The Kier molecular flexibility index (Phi) is 34.1. The van der Waals surface area contributed by atoms with E-state index in [2.05, 4.69) is 55.6 Å². The van der Waals surface area contributed by atoms with Crippen molar-refractivity contribution in [3.05, 3.63) is 36.5 Å². The molecule has 0 fully saturated rings. The maximum absolute atomic E-state index is 12.7. The number of carboxylic acids is 1. The molecule has 0 aromatic heterocycles. The van der Waals surface area contributed by atoms with Crippen LogP contribution < -0.4 is 11.1 Å². The fourth-order valence-corrected chi connectivity index (χ4v) is 5.76. The number of carboxylic acid groups (broad SMARTS) is 1. The Hall–Kier alpha value is -2.41. The van der Waals surface area contributed by atoms with Crippen LogP contribution in [0.1, 0.15) is 187 Å². The number of aliphatic carboxylic acids is 1. The molecule has 4 N–H and O–H groups in total. The molecule has 1 amide bonds. The molecule has 0 aliphatic rings. The van der Waals surface area contributed by atoms with Crippen LogP contribution in [-0.2, 0) is 19.1 Å². The number of esters is 1. The molecule has 0 radical (unpaired) electrons. The van der Waals surface area contributed by atoms with Crippen molar-refractivity contribution in [1.82, 2.24) is 5.32 Å². The average Bonchev–Trinajstić information content (AvgIpc) is 3.07. The third kappa shape index (κ3) is 32.2. The molecule has 2 atom stereocenters. The van der Waals surface area contributed by atoms with Gasteiger partial charge in [0.05, 0.1) is 0 Å². The highest BCUT2D eigenvalue weighted by Crippen LogP contribution is 2.18. The van der Waals surface area contributed by atoms with Crippen molar-refractivity contribution in [2.45, 2.75) is 199 Å². The summed E-state index contributed by atoms with van der Waals surface area (Å²) in [5.41, 5.74) is 5.47. The molecule has 2 unspecified atom stereocenters. The first kappa shape index (κ1) is 45.6. The monoisotopic (exact) mass is 675 g/mol. The zero-order valence-corrected chi connectivity index (χ0v) is 31.1. The Balaban J connectivity index is 4.15. The standard InChI is InChI=1S/C41H74N2O5/c1-3-5-7-9-11-12-13-14-15-16-17-18-19-20-21-23-29-35-40(45)48-37(31-26-22-10-8-6-4-2)32-27-24-25-28-34-39(44)43-38(41(46)47)33-30-36-42/h5,7,11-12,14-15,37-38H,3-4,6,8-10,13,16-36,42H2,1-2H3,(H,43,44)(H,46,47)/b7-5-,12-11-,15-14-. The van der Waals surface area contributed by atoms with Crippen LogP contribution in [0.2, 0.25) is 0 Å². The van der Waals surface area contributed by atoms with Crippen molar-refractivity contribution < 1.29 is 24.2 Å². The Morgan fingerprint density at radius 3 is 1.73 bits per heavy atom. The second kappa shape index (κ2) is 35.9. The normalized spacial score (nSPS) is 13.1. The Morgan fingerprint density at radius 1 is 0.625 bits per heavy atom. The van der Waals surface area contributed by atoms with Crippen LogP contribution in [0, 0.1) is 0 Å². The topological polar surface area (TPSA) is 119 Å². The van der Waals surface area contributed by atoms with Gasteiger partial charge in [-0.15, -0.1) is 0 Å². The smallest absolute Gasteiger partial charge is 0.326 e. The highest BCUT2D eigenvalue weighted by Gasteiger charge is 2.19. The summed E-state index contributed by atoms with van der Waals surface area (Å²) in [5, 5.41) is 11.9. The summed E-state index contributed by atoms with van der Waals surface area (Å²) in [6.45, 7) is 4.80. The lowest BCUT2D eigenvalue weighted by atomic mass is 10.0. The number of allylic oxidation sites excluding steroid dienone is 6. The summed E-state index contributed by atoms with van der Waals surface area (Å²) in [7, 11) is 0. The van der Waals surface area contributed by atoms with Crippen LogP contribution in [0.15, 0.2) is 36.5 Å². The zero-order valence-electron chi connectivity index (χ0n) is 31.1. The number of carbonyl (C=O) groups is 3. The van der Waals surface area contributed by atoms with Crippen molar-refractivity contribution >= 4 is 17.8 Å². The number of hydrogen-bond acceptors (Lipinski definition) is 5. The molecule has 0 heterocycles.